The monoisotopic (exact) mass is 350 g/mol. The van der Waals surface area contributed by atoms with Crippen molar-refractivity contribution in [2.45, 2.75) is 45.3 Å². The van der Waals surface area contributed by atoms with Crippen LogP contribution in [0, 0.1) is 0 Å². The Morgan fingerprint density at radius 3 is 2.88 bits per heavy atom. The van der Waals surface area contributed by atoms with Gasteiger partial charge in [0.2, 0.25) is 0 Å². The molecule has 1 atom stereocenters. The van der Waals surface area contributed by atoms with E-state index in [9.17, 15) is 14.4 Å². The zero-order valence-electron chi connectivity index (χ0n) is 14.5. The van der Waals surface area contributed by atoms with Gasteiger partial charge in [-0.1, -0.05) is 0 Å². The summed E-state index contributed by atoms with van der Waals surface area (Å²) in [5.41, 5.74) is -1.14. The molecule has 1 aliphatic heterocycles. The molecule has 0 aromatic carbocycles. The number of H-pyrrole nitrogens is 2. The summed E-state index contributed by atoms with van der Waals surface area (Å²) in [5.74, 6) is 0. The highest BCUT2D eigenvalue weighted by Crippen LogP contribution is 2.11. The first-order chi connectivity index (χ1) is 11.7. The SMILES string of the molecule is CC(C)(C)OC(=O)N[C@H]1CCCN(n2c(=O)[nH]c3nc[nH]c3c2=O)C1. The van der Waals surface area contributed by atoms with Crippen molar-refractivity contribution < 1.29 is 9.53 Å². The lowest BCUT2D eigenvalue weighted by atomic mass is 10.1. The molecule has 1 fully saturated rings. The van der Waals surface area contributed by atoms with Gasteiger partial charge in [0, 0.05) is 6.54 Å². The van der Waals surface area contributed by atoms with Crippen LogP contribution in [0.15, 0.2) is 15.9 Å². The van der Waals surface area contributed by atoms with Crippen molar-refractivity contribution in [1.82, 2.24) is 24.9 Å². The van der Waals surface area contributed by atoms with Crippen LogP contribution in [0.2, 0.25) is 0 Å². The standard InChI is InChI=1S/C15H22N6O4/c1-15(2,3)25-14(24)18-9-5-4-6-20(7-9)21-12(22)10-11(17-8-16-10)19-13(21)23/h8-9H,4-7H2,1-3H3,(H,16,17)(H,18,24)(H,19,23)/t9-/m0/s1. The summed E-state index contributed by atoms with van der Waals surface area (Å²) < 4.78 is 6.32. The van der Waals surface area contributed by atoms with Gasteiger partial charge in [-0.25, -0.2) is 14.6 Å². The van der Waals surface area contributed by atoms with Gasteiger partial charge in [0.15, 0.2) is 11.2 Å². The first-order valence-electron chi connectivity index (χ1n) is 8.18. The van der Waals surface area contributed by atoms with Crippen LogP contribution in [-0.2, 0) is 4.74 Å². The minimum atomic E-state index is -0.585. The molecule has 25 heavy (non-hydrogen) atoms. The van der Waals surface area contributed by atoms with E-state index in [1.165, 1.54) is 6.33 Å². The summed E-state index contributed by atoms with van der Waals surface area (Å²) >= 11 is 0. The maximum atomic E-state index is 12.5. The zero-order chi connectivity index (χ0) is 18.2. The highest BCUT2D eigenvalue weighted by atomic mass is 16.6. The predicted octanol–water partition coefficient (Wildman–Crippen LogP) is 0.0380. The van der Waals surface area contributed by atoms with Crippen LogP contribution in [0.1, 0.15) is 33.6 Å². The molecule has 1 aliphatic rings. The molecule has 1 saturated heterocycles. The Morgan fingerprint density at radius 1 is 1.40 bits per heavy atom. The fourth-order valence-electron chi connectivity index (χ4n) is 2.89. The summed E-state index contributed by atoms with van der Waals surface area (Å²) in [6.45, 7) is 6.24. The van der Waals surface area contributed by atoms with Gasteiger partial charge in [-0.3, -0.25) is 9.78 Å². The largest absolute Gasteiger partial charge is 0.444 e. The average molecular weight is 350 g/mol. The number of imidazole rings is 1. The molecule has 0 radical (unpaired) electrons. The average Bonchev–Trinajstić information content (AvgIpc) is 2.94. The molecule has 136 valence electrons. The van der Waals surface area contributed by atoms with Crippen molar-refractivity contribution in [3.05, 3.63) is 27.2 Å². The number of nitrogens with zero attached hydrogens (tertiary/aromatic N) is 3. The van der Waals surface area contributed by atoms with E-state index >= 15 is 0 Å². The number of aromatic amines is 2. The van der Waals surface area contributed by atoms with Crippen molar-refractivity contribution >= 4 is 17.3 Å². The van der Waals surface area contributed by atoms with E-state index in [2.05, 4.69) is 20.3 Å². The van der Waals surface area contributed by atoms with Crippen molar-refractivity contribution in [3.8, 4) is 0 Å². The summed E-state index contributed by atoms with van der Waals surface area (Å²) in [7, 11) is 0. The molecule has 10 nitrogen and oxygen atoms in total. The molecule has 0 unspecified atom stereocenters. The Morgan fingerprint density at radius 2 is 2.16 bits per heavy atom. The highest BCUT2D eigenvalue weighted by molar-refractivity contribution is 5.68. The highest BCUT2D eigenvalue weighted by Gasteiger charge is 2.26. The Bertz CT molecular complexity index is 890. The second kappa shape index (κ2) is 6.26. The van der Waals surface area contributed by atoms with E-state index in [1.807, 2.05) is 0 Å². The van der Waals surface area contributed by atoms with Gasteiger partial charge < -0.3 is 20.0 Å². The van der Waals surface area contributed by atoms with E-state index in [-0.39, 0.29) is 17.2 Å². The number of fused-ring (bicyclic) bond motifs is 1. The van der Waals surface area contributed by atoms with Crippen molar-refractivity contribution in [1.29, 1.82) is 0 Å². The van der Waals surface area contributed by atoms with Crippen LogP contribution in [-0.4, -0.2) is 50.5 Å². The topological polar surface area (TPSA) is 125 Å². The van der Waals surface area contributed by atoms with Crippen LogP contribution >= 0.6 is 0 Å². The maximum Gasteiger partial charge on any atom is 0.407 e. The lowest BCUT2D eigenvalue weighted by Crippen LogP contribution is -2.58. The summed E-state index contributed by atoms with van der Waals surface area (Å²) in [6, 6.07) is -0.215. The van der Waals surface area contributed by atoms with E-state index in [1.54, 1.807) is 25.8 Å². The van der Waals surface area contributed by atoms with Crippen LogP contribution in [0.5, 0.6) is 0 Å². The third-order valence-electron chi connectivity index (χ3n) is 3.87. The molecular weight excluding hydrogens is 328 g/mol. The first-order valence-corrected chi connectivity index (χ1v) is 8.18. The number of hydrogen-bond acceptors (Lipinski definition) is 6. The van der Waals surface area contributed by atoms with Gasteiger partial charge in [0.25, 0.3) is 0 Å². The lowest BCUT2D eigenvalue weighted by Gasteiger charge is -2.34. The maximum absolute atomic E-state index is 12.5. The van der Waals surface area contributed by atoms with E-state index < -0.39 is 22.9 Å². The smallest absolute Gasteiger partial charge is 0.407 e. The molecule has 0 bridgehead atoms. The molecule has 0 spiro atoms. The zero-order valence-corrected chi connectivity index (χ0v) is 14.5. The Labute approximate surface area is 143 Å². The number of ether oxygens (including phenoxy) is 1. The van der Waals surface area contributed by atoms with Gasteiger partial charge >= 0.3 is 17.3 Å². The minimum Gasteiger partial charge on any atom is -0.444 e. The van der Waals surface area contributed by atoms with Gasteiger partial charge in [-0.05, 0) is 33.6 Å². The molecule has 1 amide bonds. The molecule has 2 aromatic heterocycles. The van der Waals surface area contributed by atoms with Crippen LogP contribution < -0.4 is 21.6 Å². The number of alkyl carbamates (subject to hydrolysis) is 1. The second-order valence-electron chi connectivity index (χ2n) is 7.07. The first kappa shape index (κ1) is 17.1. The minimum absolute atomic E-state index is 0.215. The van der Waals surface area contributed by atoms with Gasteiger partial charge in [0.1, 0.15) is 5.60 Å². The second-order valence-corrected chi connectivity index (χ2v) is 7.07. The fraction of sp³-hybridized carbons (Fsp3) is 0.600. The number of amides is 1. The van der Waals surface area contributed by atoms with E-state index in [0.29, 0.717) is 13.1 Å². The summed E-state index contributed by atoms with van der Waals surface area (Å²) in [4.78, 5) is 46.0. The Hall–Kier alpha value is -2.78. The molecular formula is C15H22N6O4. The lowest BCUT2D eigenvalue weighted by molar-refractivity contribution is 0.0497. The summed E-state index contributed by atoms with van der Waals surface area (Å²) in [6.07, 6.45) is 2.32. The third-order valence-corrected chi connectivity index (χ3v) is 3.87. The molecule has 2 aromatic rings. The number of carbonyl (C=O) groups is 1. The summed E-state index contributed by atoms with van der Waals surface area (Å²) in [5, 5.41) is 4.43. The van der Waals surface area contributed by atoms with Crippen LogP contribution in [0.3, 0.4) is 0 Å². The quantitative estimate of drug-likeness (QED) is 0.702. The van der Waals surface area contributed by atoms with Crippen LogP contribution in [0.25, 0.3) is 11.2 Å². The Balaban J connectivity index is 1.79. The predicted molar refractivity (Wildman–Crippen MR) is 91.3 cm³/mol. The number of rotatable bonds is 2. The molecule has 3 N–H and O–H groups in total. The molecule has 3 heterocycles. The third kappa shape index (κ3) is 3.67. The van der Waals surface area contributed by atoms with Gasteiger partial charge in [-0.2, -0.15) is 4.68 Å². The molecule has 10 heteroatoms. The number of aromatic nitrogens is 4. The molecule has 0 saturated carbocycles. The number of hydrogen-bond donors (Lipinski definition) is 3. The van der Waals surface area contributed by atoms with Gasteiger partial charge in [0.05, 0.1) is 18.9 Å². The number of nitrogens with one attached hydrogen (secondary N) is 3. The Kier molecular flexibility index (Phi) is 4.27. The number of piperidine rings is 1. The van der Waals surface area contributed by atoms with E-state index in [4.69, 9.17) is 4.74 Å². The normalized spacial score (nSPS) is 18.4. The van der Waals surface area contributed by atoms with Crippen molar-refractivity contribution in [2.75, 3.05) is 18.1 Å². The van der Waals surface area contributed by atoms with Gasteiger partial charge in [-0.15, -0.1) is 0 Å². The van der Waals surface area contributed by atoms with Crippen molar-refractivity contribution in [3.63, 3.8) is 0 Å². The molecule has 3 rings (SSSR count). The van der Waals surface area contributed by atoms with Crippen molar-refractivity contribution in [2.24, 2.45) is 0 Å². The number of carbonyl (C=O) groups excluding carboxylic acids is 1. The van der Waals surface area contributed by atoms with E-state index in [0.717, 1.165) is 17.5 Å². The van der Waals surface area contributed by atoms with Crippen LogP contribution in [0.4, 0.5) is 4.79 Å². The fourth-order valence-corrected chi connectivity index (χ4v) is 2.89. The molecule has 0 aliphatic carbocycles.